The Morgan fingerprint density at radius 1 is 1.14 bits per heavy atom. The molecule has 1 heterocycles. The zero-order valence-corrected chi connectivity index (χ0v) is 12.9. The lowest BCUT2D eigenvalue weighted by Gasteiger charge is -2.03. The maximum atomic E-state index is 13.3. The van der Waals surface area contributed by atoms with Gasteiger partial charge in [0.25, 0.3) is 5.91 Å². The summed E-state index contributed by atoms with van der Waals surface area (Å²) < 4.78 is 27.7. The molecule has 2 rings (SSSR count). The number of nitrogens with one attached hydrogen (secondary N) is 1. The van der Waals surface area contributed by atoms with Gasteiger partial charge in [-0.05, 0) is 12.1 Å². The lowest BCUT2D eigenvalue weighted by atomic mass is 10.2. The number of hydrogen-bond acceptors (Lipinski definition) is 2. The van der Waals surface area contributed by atoms with Crippen LogP contribution in [0.15, 0.2) is 30.5 Å². The van der Waals surface area contributed by atoms with Crippen molar-refractivity contribution in [3.8, 4) is 0 Å². The van der Waals surface area contributed by atoms with Crippen molar-refractivity contribution in [2.24, 2.45) is 7.05 Å². The van der Waals surface area contributed by atoms with E-state index in [0.29, 0.717) is 0 Å². The van der Waals surface area contributed by atoms with Crippen LogP contribution in [-0.4, -0.2) is 15.7 Å². The average Bonchev–Trinajstić information content (AvgIpc) is 2.91. The van der Waals surface area contributed by atoms with Gasteiger partial charge < -0.3 is 5.32 Å². The van der Waals surface area contributed by atoms with E-state index in [-0.39, 0.29) is 11.4 Å². The number of carbonyl (C=O) groups is 1. The highest BCUT2D eigenvalue weighted by molar-refractivity contribution is 6.03. The van der Waals surface area contributed by atoms with E-state index in [4.69, 9.17) is 0 Å². The van der Waals surface area contributed by atoms with Crippen LogP contribution in [0, 0.1) is 11.6 Å². The van der Waals surface area contributed by atoms with E-state index in [0.717, 1.165) is 6.07 Å². The molecule has 0 saturated heterocycles. The number of halogens is 2. The van der Waals surface area contributed by atoms with Gasteiger partial charge in [0, 0.05) is 19.3 Å². The van der Waals surface area contributed by atoms with Crippen LogP contribution in [-0.2, 0) is 7.05 Å². The summed E-state index contributed by atoms with van der Waals surface area (Å²) in [5, 5.41) is 6.27. The Kier molecular flexibility index (Phi) is 8.60. The molecule has 0 aliphatic heterocycles. The fourth-order valence-electron chi connectivity index (χ4n) is 1.34. The van der Waals surface area contributed by atoms with Gasteiger partial charge in [0.2, 0.25) is 0 Å². The molecule has 0 unspecified atom stereocenters. The Hall–Kier alpha value is -2.24. The number of hydrogen-bond donors (Lipinski definition) is 1. The first kappa shape index (κ1) is 18.8. The van der Waals surface area contributed by atoms with Gasteiger partial charge in [-0.25, -0.2) is 8.78 Å². The van der Waals surface area contributed by atoms with Crippen molar-refractivity contribution in [3.05, 3.63) is 47.7 Å². The highest BCUT2D eigenvalue weighted by atomic mass is 19.2. The highest BCUT2D eigenvalue weighted by Gasteiger charge is 2.15. The van der Waals surface area contributed by atoms with Crippen molar-refractivity contribution in [2.45, 2.75) is 27.7 Å². The zero-order valence-electron chi connectivity index (χ0n) is 12.9. The molecular formula is C15H21F2N3O. The molecule has 0 aliphatic carbocycles. The smallest absolute Gasteiger partial charge is 0.259 e. The highest BCUT2D eigenvalue weighted by Crippen LogP contribution is 2.13. The molecule has 1 aromatic heterocycles. The number of carbonyl (C=O) groups excluding carboxylic acids is 1. The van der Waals surface area contributed by atoms with Gasteiger partial charge in [-0.3, -0.25) is 9.48 Å². The molecule has 0 atom stereocenters. The van der Waals surface area contributed by atoms with Crippen molar-refractivity contribution in [1.82, 2.24) is 9.78 Å². The Balaban J connectivity index is 0.000000921. The van der Waals surface area contributed by atoms with Gasteiger partial charge in [-0.15, -0.1) is 0 Å². The Morgan fingerprint density at radius 3 is 2.29 bits per heavy atom. The van der Waals surface area contributed by atoms with E-state index in [1.54, 1.807) is 19.3 Å². The van der Waals surface area contributed by atoms with Gasteiger partial charge in [0.15, 0.2) is 17.5 Å². The number of aryl methyl sites for hydroxylation is 1. The molecule has 116 valence electrons. The molecule has 0 aliphatic rings. The number of aromatic nitrogens is 2. The third-order valence-corrected chi connectivity index (χ3v) is 2.15. The van der Waals surface area contributed by atoms with Crippen molar-refractivity contribution in [1.29, 1.82) is 0 Å². The maximum absolute atomic E-state index is 13.3. The van der Waals surface area contributed by atoms with E-state index in [1.807, 2.05) is 27.7 Å². The molecular weight excluding hydrogens is 276 g/mol. The van der Waals surface area contributed by atoms with E-state index < -0.39 is 17.5 Å². The van der Waals surface area contributed by atoms with Crippen LogP contribution in [0.2, 0.25) is 0 Å². The first-order valence-corrected chi connectivity index (χ1v) is 6.83. The van der Waals surface area contributed by atoms with Gasteiger partial charge in [-0.2, -0.15) is 5.10 Å². The molecule has 6 heteroatoms. The Morgan fingerprint density at radius 2 is 1.76 bits per heavy atom. The second kappa shape index (κ2) is 9.63. The summed E-state index contributed by atoms with van der Waals surface area (Å²) in [6.45, 7) is 8.00. The fourth-order valence-corrected chi connectivity index (χ4v) is 1.34. The minimum Gasteiger partial charge on any atom is -0.305 e. The molecule has 0 bridgehead atoms. The Labute approximate surface area is 123 Å². The Bertz CT molecular complexity index is 568. The topological polar surface area (TPSA) is 46.9 Å². The number of amides is 1. The van der Waals surface area contributed by atoms with Crippen LogP contribution >= 0.6 is 0 Å². The summed E-state index contributed by atoms with van der Waals surface area (Å²) >= 11 is 0. The number of benzene rings is 1. The van der Waals surface area contributed by atoms with Crippen LogP contribution in [0.3, 0.4) is 0 Å². The van der Waals surface area contributed by atoms with E-state index in [2.05, 4.69) is 10.4 Å². The van der Waals surface area contributed by atoms with Crippen LogP contribution in [0.25, 0.3) is 0 Å². The SMILES string of the molecule is CC.CC.Cn1ccc(NC(=O)c2cccc(F)c2F)n1. The number of nitrogens with zero attached hydrogens (tertiary/aromatic N) is 2. The molecule has 0 saturated carbocycles. The largest absolute Gasteiger partial charge is 0.305 e. The van der Waals surface area contributed by atoms with E-state index >= 15 is 0 Å². The minimum atomic E-state index is -1.17. The molecule has 0 fully saturated rings. The molecule has 1 amide bonds. The second-order valence-electron chi connectivity index (χ2n) is 3.43. The third kappa shape index (κ3) is 5.33. The quantitative estimate of drug-likeness (QED) is 0.910. The van der Waals surface area contributed by atoms with E-state index in [1.165, 1.54) is 16.8 Å². The first-order valence-electron chi connectivity index (χ1n) is 6.83. The minimum absolute atomic E-state index is 0.279. The van der Waals surface area contributed by atoms with Crippen molar-refractivity contribution in [2.75, 3.05) is 5.32 Å². The monoisotopic (exact) mass is 297 g/mol. The summed E-state index contributed by atoms with van der Waals surface area (Å²) in [7, 11) is 1.68. The number of rotatable bonds is 2. The van der Waals surface area contributed by atoms with Crippen molar-refractivity contribution in [3.63, 3.8) is 0 Å². The van der Waals surface area contributed by atoms with Crippen molar-refractivity contribution < 1.29 is 13.6 Å². The second-order valence-corrected chi connectivity index (χ2v) is 3.43. The third-order valence-electron chi connectivity index (χ3n) is 2.15. The van der Waals surface area contributed by atoms with Crippen LogP contribution in [0.5, 0.6) is 0 Å². The maximum Gasteiger partial charge on any atom is 0.259 e. The first-order chi connectivity index (χ1) is 10.1. The normalized spacial score (nSPS) is 8.90. The average molecular weight is 297 g/mol. The summed E-state index contributed by atoms with van der Waals surface area (Å²) in [6.07, 6.45) is 1.62. The van der Waals surface area contributed by atoms with Gasteiger partial charge in [0.05, 0.1) is 5.56 Å². The molecule has 1 N–H and O–H groups in total. The predicted molar refractivity (Wildman–Crippen MR) is 80.2 cm³/mol. The summed E-state index contributed by atoms with van der Waals surface area (Å²) in [6, 6.07) is 4.98. The lowest BCUT2D eigenvalue weighted by molar-refractivity contribution is 0.102. The molecule has 0 spiro atoms. The zero-order chi connectivity index (χ0) is 16.4. The molecule has 0 radical (unpaired) electrons. The van der Waals surface area contributed by atoms with Gasteiger partial charge in [0.1, 0.15) is 0 Å². The summed E-state index contributed by atoms with van der Waals surface area (Å²) in [5.41, 5.74) is -0.351. The van der Waals surface area contributed by atoms with Crippen LogP contribution in [0.4, 0.5) is 14.6 Å². The van der Waals surface area contributed by atoms with Gasteiger partial charge >= 0.3 is 0 Å². The number of anilines is 1. The van der Waals surface area contributed by atoms with Crippen molar-refractivity contribution >= 4 is 11.7 Å². The fraction of sp³-hybridized carbons (Fsp3) is 0.333. The summed E-state index contributed by atoms with van der Waals surface area (Å²) in [4.78, 5) is 11.6. The summed E-state index contributed by atoms with van der Waals surface area (Å²) in [5.74, 6) is -2.68. The van der Waals surface area contributed by atoms with Crippen LogP contribution < -0.4 is 5.32 Å². The van der Waals surface area contributed by atoms with E-state index in [9.17, 15) is 13.6 Å². The lowest BCUT2D eigenvalue weighted by Crippen LogP contribution is -2.15. The molecule has 21 heavy (non-hydrogen) atoms. The predicted octanol–water partition coefficient (Wildman–Crippen LogP) is 4.00. The molecule has 1 aromatic carbocycles. The molecule has 2 aromatic rings. The standard InChI is InChI=1S/C11H9F2N3O.2C2H6/c1-16-6-5-9(15-16)14-11(17)7-3-2-4-8(12)10(7)13;2*1-2/h2-6H,1H3,(H,14,15,17);2*1-2H3. The van der Waals surface area contributed by atoms with Crippen LogP contribution in [0.1, 0.15) is 38.1 Å². The van der Waals surface area contributed by atoms with Gasteiger partial charge in [-0.1, -0.05) is 33.8 Å². The molecule has 4 nitrogen and oxygen atoms in total.